The number of fused-ring (bicyclic) bond motifs is 1. The van der Waals surface area contributed by atoms with E-state index in [1.807, 2.05) is 32.2 Å². The number of rotatable bonds is 6. The van der Waals surface area contributed by atoms with Gasteiger partial charge in [-0.2, -0.15) is 0 Å². The van der Waals surface area contributed by atoms with Gasteiger partial charge in [0.2, 0.25) is 0 Å². The summed E-state index contributed by atoms with van der Waals surface area (Å²) >= 11 is 0. The van der Waals surface area contributed by atoms with Gasteiger partial charge in [0.05, 0.1) is 24.2 Å². The lowest BCUT2D eigenvalue weighted by atomic mass is 10.3. The van der Waals surface area contributed by atoms with E-state index in [-0.39, 0.29) is 0 Å². The molecule has 4 nitrogen and oxygen atoms in total. The van der Waals surface area contributed by atoms with Crippen LogP contribution in [0.25, 0.3) is 11.0 Å². The van der Waals surface area contributed by atoms with Gasteiger partial charge in [0.25, 0.3) is 0 Å². The van der Waals surface area contributed by atoms with Gasteiger partial charge in [-0.1, -0.05) is 5.92 Å². The van der Waals surface area contributed by atoms with Crippen LogP contribution in [0.4, 0.5) is 0 Å². The largest absolute Gasteiger partial charge is 0.494 e. The van der Waals surface area contributed by atoms with Crippen LogP contribution < -0.4 is 10.1 Å². The number of hydrogen-bond acceptors (Lipinski definition) is 3. The monoisotopic (exact) mass is 257 g/mol. The summed E-state index contributed by atoms with van der Waals surface area (Å²) in [5.74, 6) is 4.55. The zero-order chi connectivity index (χ0) is 13.7. The van der Waals surface area contributed by atoms with Crippen molar-refractivity contribution in [3.05, 3.63) is 24.0 Å². The lowest BCUT2D eigenvalue weighted by Crippen LogP contribution is -2.14. The quantitative estimate of drug-likeness (QED) is 0.802. The van der Waals surface area contributed by atoms with Gasteiger partial charge in [0.1, 0.15) is 11.6 Å². The average molecular weight is 257 g/mol. The molecule has 0 amide bonds. The van der Waals surface area contributed by atoms with Crippen LogP contribution in [0.15, 0.2) is 18.2 Å². The summed E-state index contributed by atoms with van der Waals surface area (Å²) in [7, 11) is 1.93. The highest BCUT2D eigenvalue weighted by atomic mass is 16.5. The molecule has 0 bridgehead atoms. The Hall–Kier alpha value is -1.99. The summed E-state index contributed by atoms with van der Waals surface area (Å²) in [4.78, 5) is 4.66. The molecule has 19 heavy (non-hydrogen) atoms. The van der Waals surface area contributed by atoms with Crippen molar-refractivity contribution in [1.82, 2.24) is 14.9 Å². The second kappa shape index (κ2) is 6.26. The Morgan fingerprint density at radius 3 is 3.00 bits per heavy atom. The van der Waals surface area contributed by atoms with Crippen LogP contribution in [0.1, 0.15) is 12.7 Å². The average Bonchev–Trinajstić information content (AvgIpc) is 2.75. The first kappa shape index (κ1) is 13.4. The fourth-order valence-electron chi connectivity index (χ4n) is 2.11. The van der Waals surface area contributed by atoms with Gasteiger partial charge in [-0.25, -0.2) is 4.98 Å². The number of ether oxygens (including phenoxy) is 1. The van der Waals surface area contributed by atoms with Crippen LogP contribution in [-0.2, 0) is 13.0 Å². The molecule has 4 heteroatoms. The summed E-state index contributed by atoms with van der Waals surface area (Å²) in [6.45, 7) is 4.05. The van der Waals surface area contributed by atoms with E-state index in [1.54, 1.807) is 0 Å². The highest BCUT2D eigenvalue weighted by molar-refractivity contribution is 5.78. The number of aromatic nitrogens is 2. The molecule has 0 atom stereocenters. The molecule has 0 aliphatic heterocycles. The molecule has 2 aromatic rings. The van der Waals surface area contributed by atoms with E-state index in [9.17, 15) is 0 Å². The van der Waals surface area contributed by atoms with Crippen molar-refractivity contribution in [3.63, 3.8) is 0 Å². The molecule has 1 N–H and O–H groups in total. The maximum absolute atomic E-state index is 5.50. The molecule has 0 saturated heterocycles. The van der Waals surface area contributed by atoms with Gasteiger partial charge >= 0.3 is 0 Å². The van der Waals surface area contributed by atoms with Crippen LogP contribution in [-0.4, -0.2) is 29.8 Å². The molecule has 0 saturated carbocycles. The smallest absolute Gasteiger partial charge is 0.121 e. The number of imidazole rings is 1. The molecule has 2 rings (SSSR count). The van der Waals surface area contributed by atoms with Crippen molar-refractivity contribution >= 4 is 11.0 Å². The predicted octanol–water partition coefficient (Wildman–Crippen LogP) is 1.83. The number of terminal acetylenes is 1. The molecule has 1 aromatic heterocycles. The predicted molar refractivity (Wildman–Crippen MR) is 77.4 cm³/mol. The zero-order valence-corrected chi connectivity index (χ0v) is 11.4. The minimum Gasteiger partial charge on any atom is -0.494 e. The van der Waals surface area contributed by atoms with Crippen LogP contribution >= 0.6 is 0 Å². The topological polar surface area (TPSA) is 39.1 Å². The van der Waals surface area contributed by atoms with Gasteiger partial charge in [-0.3, -0.25) is 0 Å². The second-order valence-electron chi connectivity index (χ2n) is 4.26. The van der Waals surface area contributed by atoms with E-state index in [1.165, 1.54) is 0 Å². The zero-order valence-electron chi connectivity index (χ0n) is 11.4. The fourth-order valence-corrected chi connectivity index (χ4v) is 2.11. The first-order valence-electron chi connectivity index (χ1n) is 6.50. The molecule has 0 fully saturated rings. The lowest BCUT2D eigenvalue weighted by molar-refractivity contribution is 0.340. The van der Waals surface area contributed by atoms with E-state index in [0.29, 0.717) is 13.2 Å². The normalized spacial score (nSPS) is 10.6. The van der Waals surface area contributed by atoms with Crippen LogP contribution in [0, 0.1) is 12.3 Å². The molecular formula is C15H19N3O. The summed E-state index contributed by atoms with van der Waals surface area (Å²) in [5.41, 5.74) is 2.00. The number of likely N-dealkylation sites (N-methyl/N-ethyl adjacent to an activating group) is 1. The van der Waals surface area contributed by atoms with Crippen molar-refractivity contribution in [1.29, 1.82) is 0 Å². The van der Waals surface area contributed by atoms with Crippen molar-refractivity contribution < 1.29 is 4.74 Å². The molecule has 100 valence electrons. The molecule has 1 aromatic carbocycles. The molecular weight excluding hydrogens is 238 g/mol. The number of hydrogen-bond donors (Lipinski definition) is 1. The number of nitrogens with one attached hydrogen (secondary N) is 1. The van der Waals surface area contributed by atoms with E-state index in [0.717, 1.165) is 35.6 Å². The Morgan fingerprint density at radius 1 is 1.47 bits per heavy atom. The van der Waals surface area contributed by atoms with Crippen molar-refractivity contribution in [2.75, 3.05) is 20.2 Å². The highest BCUT2D eigenvalue weighted by Gasteiger charge is 2.10. The minimum absolute atomic E-state index is 0.545. The molecule has 0 aliphatic carbocycles. The van der Waals surface area contributed by atoms with Crippen molar-refractivity contribution in [2.45, 2.75) is 19.9 Å². The molecule has 0 aliphatic rings. The number of nitrogens with zero attached hydrogens (tertiary/aromatic N) is 2. The molecule has 0 unspecified atom stereocenters. The Balaban J connectivity index is 2.43. The SMILES string of the molecule is C#CCn1c(CCNC)nc2cc(OCC)ccc21. The van der Waals surface area contributed by atoms with Gasteiger partial charge < -0.3 is 14.6 Å². The van der Waals surface area contributed by atoms with E-state index in [4.69, 9.17) is 11.2 Å². The summed E-state index contributed by atoms with van der Waals surface area (Å²) in [6, 6.07) is 5.95. The standard InChI is InChI=1S/C15H19N3O/c1-4-10-18-14-7-6-12(19-5-2)11-13(14)17-15(18)8-9-16-3/h1,6-7,11,16H,5,8-10H2,2-3H3. The number of benzene rings is 1. The van der Waals surface area contributed by atoms with Gasteiger partial charge in [0.15, 0.2) is 0 Å². The Morgan fingerprint density at radius 2 is 2.32 bits per heavy atom. The van der Waals surface area contributed by atoms with E-state index < -0.39 is 0 Å². The third kappa shape index (κ3) is 2.88. The summed E-state index contributed by atoms with van der Waals surface area (Å²) < 4.78 is 7.59. The Kier molecular flexibility index (Phi) is 4.43. The van der Waals surface area contributed by atoms with E-state index in [2.05, 4.69) is 20.8 Å². The summed E-state index contributed by atoms with van der Waals surface area (Å²) in [6.07, 6.45) is 6.30. The van der Waals surface area contributed by atoms with Gasteiger partial charge in [0, 0.05) is 19.0 Å². The minimum atomic E-state index is 0.545. The Labute approximate surface area is 113 Å². The first-order chi connectivity index (χ1) is 9.30. The van der Waals surface area contributed by atoms with E-state index >= 15 is 0 Å². The maximum Gasteiger partial charge on any atom is 0.121 e. The fraction of sp³-hybridized carbons (Fsp3) is 0.400. The third-order valence-electron chi connectivity index (χ3n) is 2.96. The van der Waals surface area contributed by atoms with Crippen LogP contribution in [0.2, 0.25) is 0 Å². The molecule has 0 spiro atoms. The molecule has 1 heterocycles. The third-order valence-corrected chi connectivity index (χ3v) is 2.96. The highest BCUT2D eigenvalue weighted by Crippen LogP contribution is 2.22. The summed E-state index contributed by atoms with van der Waals surface area (Å²) in [5, 5.41) is 3.13. The van der Waals surface area contributed by atoms with Gasteiger partial charge in [-0.05, 0) is 26.1 Å². The lowest BCUT2D eigenvalue weighted by Gasteiger charge is -2.05. The maximum atomic E-state index is 5.50. The Bertz CT molecular complexity index is 595. The van der Waals surface area contributed by atoms with Gasteiger partial charge in [-0.15, -0.1) is 6.42 Å². The molecule has 0 radical (unpaired) electrons. The second-order valence-corrected chi connectivity index (χ2v) is 4.26. The van der Waals surface area contributed by atoms with Crippen molar-refractivity contribution in [3.8, 4) is 18.1 Å². The van der Waals surface area contributed by atoms with Crippen LogP contribution in [0.5, 0.6) is 5.75 Å². The first-order valence-corrected chi connectivity index (χ1v) is 6.50. The van der Waals surface area contributed by atoms with Crippen molar-refractivity contribution in [2.24, 2.45) is 0 Å². The van der Waals surface area contributed by atoms with Crippen LogP contribution in [0.3, 0.4) is 0 Å².